The maximum Gasteiger partial charge on any atom is 0.255 e. The van der Waals surface area contributed by atoms with Crippen molar-refractivity contribution >= 4 is 11.7 Å². The minimum atomic E-state index is -0.0352. The molecule has 3 N–H and O–H groups in total. The molecule has 5 heteroatoms. The van der Waals surface area contributed by atoms with Crippen LogP contribution in [-0.2, 0) is 0 Å². The summed E-state index contributed by atoms with van der Waals surface area (Å²) in [5.74, 6) is 0.781. The van der Waals surface area contributed by atoms with E-state index in [1.807, 2.05) is 12.1 Å². The van der Waals surface area contributed by atoms with Crippen molar-refractivity contribution in [2.75, 3.05) is 31.1 Å². The van der Waals surface area contributed by atoms with Gasteiger partial charge in [-0.1, -0.05) is 0 Å². The Labute approximate surface area is 114 Å². The molecule has 0 atom stereocenters. The molecule has 1 aromatic heterocycles. The van der Waals surface area contributed by atoms with Gasteiger partial charge in [-0.3, -0.25) is 4.79 Å². The maximum absolute atomic E-state index is 12.2. The summed E-state index contributed by atoms with van der Waals surface area (Å²) >= 11 is 0. The fourth-order valence-corrected chi connectivity index (χ4v) is 2.32. The highest BCUT2D eigenvalue weighted by Gasteiger charge is 2.20. The number of rotatable bonds is 6. The Bertz CT molecular complexity index is 416. The summed E-state index contributed by atoms with van der Waals surface area (Å²) in [6.45, 7) is 3.32. The molecule has 0 bridgehead atoms. The van der Waals surface area contributed by atoms with Crippen LogP contribution in [0.1, 0.15) is 36.0 Å². The van der Waals surface area contributed by atoms with Gasteiger partial charge in [-0.15, -0.1) is 0 Å². The summed E-state index contributed by atoms with van der Waals surface area (Å²) in [5, 5.41) is 2.94. The topological polar surface area (TPSA) is 71.2 Å². The van der Waals surface area contributed by atoms with Crippen LogP contribution >= 0.6 is 0 Å². The van der Waals surface area contributed by atoms with Crippen LogP contribution in [0.25, 0.3) is 0 Å². The number of hydrogen-bond acceptors (Lipinski definition) is 4. The summed E-state index contributed by atoms with van der Waals surface area (Å²) in [7, 11) is 0. The van der Waals surface area contributed by atoms with Crippen LogP contribution < -0.4 is 16.0 Å². The number of aromatic nitrogens is 1. The number of pyridine rings is 1. The Kier molecular flexibility index (Phi) is 5.15. The van der Waals surface area contributed by atoms with E-state index in [1.54, 1.807) is 6.20 Å². The summed E-state index contributed by atoms with van der Waals surface area (Å²) < 4.78 is 0. The molecule has 1 aliphatic rings. The molecule has 0 radical (unpaired) electrons. The van der Waals surface area contributed by atoms with Gasteiger partial charge < -0.3 is 16.0 Å². The van der Waals surface area contributed by atoms with Gasteiger partial charge in [0.25, 0.3) is 5.91 Å². The van der Waals surface area contributed by atoms with Crippen molar-refractivity contribution in [1.82, 2.24) is 10.3 Å². The zero-order valence-electron chi connectivity index (χ0n) is 11.3. The van der Waals surface area contributed by atoms with Crippen molar-refractivity contribution < 1.29 is 4.79 Å². The van der Waals surface area contributed by atoms with Gasteiger partial charge in [-0.2, -0.15) is 0 Å². The molecule has 19 heavy (non-hydrogen) atoms. The van der Waals surface area contributed by atoms with Crippen molar-refractivity contribution in [1.29, 1.82) is 0 Å². The lowest BCUT2D eigenvalue weighted by Gasteiger charge is -2.19. The molecule has 0 aromatic carbocycles. The monoisotopic (exact) mass is 262 g/mol. The van der Waals surface area contributed by atoms with Crippen molar-refractivity contribution in [2.45, 2.75) is 25.7 Å². The van der Waals surface area contributed by atoms with Crippen LogP contribution in [0.3, 0.4) is 0 Å². The number of nitrogens with one attached hydrogen (secondary N) is 1. The Morgan fingerprint density at radius 2 is 2.16 bits per heavy atom. The maximum atomic E-state index is 12.2. The number of carbonyl (C=O) groups excluding carboxylic acids is 1. The van der Waals surface area contributed by atoms with Crippen LogP contribution in [-0.4, -0.2) is 37.1 Å². The quantitative estimate of drug-likeness (QED) is 0.754. The molecule has 1 saturated heterocycles. The molecule has 5 nitrogen and oxygen atoms in total. The molecule has 0 saturated carbocycles. The highest BCUT2D eigenvalue weighted by molar-refractivity contribution is 5.98. The van der Waals surface area contributed by atoms with Gasteiger partial charge in [-0.25, -0.2) is 4.98 Å². The van der Waals surface area contributed by atoms with E-state index in [-0.39, 0.29) is 5.91 Å². The third-order valence-electron chi connectivity index (χ3n) is 3.35. The van der Waals surface area contributed by atoms with Gasteiger partial charge in [0.05, 0.1) is 5.56 Å². The van der Waals surface area contributed by atoms with Gasteiger partial charge >= 0.3 is 0 Å². The van der Waals surface area contributed by atoms with Crippen LogP contribution in [0.2, 0.25) is 0 Å². The number of nitrogens with two attached hydrogens (primary N) is 1. The lowest BCUT2D eigenvalue weighted by Crippen LogP contribution is -2.29. The van der Waals surface area contributed by atoms with E-state index >= 15 is 0 Å². The van der Waals surface area contributed by atoms with Crippen molar-refractivity contribution in [3.05, 3.63) is 23.9 Å². The van der Waals surface area contributed by atoms with E-state index in [0.29, 0.717) is 18.7 Å². The summed E-state index contributed by atoms with van der Waals surface area (Å²) in [4.78, 5) is 18.7. The Hall–Kier alpha value is -1.62. The zero-order valence-corrected chi connectivity index (χ0v) is 11.3. The van der Waals surface area contributed by atoms with Crippen LogP contribution in [0.15, 0.2) is 18.3 Å². The van der Waals surface area contributed by atoms with Crippen molar-refractivity contribution in [2.24, 2.45) is 5.73 Å². The molecule has 1 amide bonds. The van der Waals surface area contributed by atoms with E-state index in [0.717, 1.165) is 31.7 Å². The van der Waals surface area contributed by atoms with E-state index in [9.17, 15) is 4.79 Å². The SMILES string of the molecule is NCCCCNC(=O)c1cccnc1N1CCCC1. The molecular weight excluding hydrogens is 240 g/mol. The molecule has 0 spiro atoms. The molecule has 2 rings (SSSR count). The minimum absolute atomic E-state index is 0.0352. The third kappa shape index (κ3) is 3.67. The first-order valence-corrected chi connectivity index (χ1v) is 7.01. The van der Waals surface area contributed by atoms with E-state index in [2.05, 4.69) is 15.2 Å². The summed E-state index contributed by atoms with van der Waals surface area (Å²) in [6, 6.07) is 3.66. The van der Waals surface area contributed by atoms with Crippen LogP contribution in [0, 0.1) is 0 Å². The standard InChI is InChI=1S/C14H22N4O/c15-7-1-2-8-17-14(19)12-6-5-9-16-13(12)18-10-3-4-11-18/h5-6,9H,1-4,7-8,10-11,15H2,(H,17,19). The van der Waals surface area contributed by atoms with Gasteiger partial charge in [0, 0.05) is 25.8 Å². The largest absolute Gasteiger partial charge is 0.356 e. The molecule has 0 unspecified atom stereocenters. The normalized spacial score (nSPS) is 14.7. The summed E-state index contributed by atoms with van der Waals surface area (Å²) in [6.07, 6.45) is 5.95. The number of hydrogen-bond donors (Lipinski definition) is 2. The number of carbonyl (C=O) groups is 1. The fourth-order valence-electron chi connectivity index (χ4n) is 2.32. The second kappa shape index (κ2) is 7.09. The number of anilines is 1. The first-order chi connectivity index (χ1) is 9.33. The lowest BCUT2D eigenvalue weighted by atomic mass is 10.2. The van der Waals surface area contributed by atoms with Crippen LogP contribution in [0.4, 0.5) is 5.82 Å². The van der Waals surface area contributed by atoms with Gasteiger partial charge in [0.1, 0.15) is 5.82 Å². The van der Waals surface area contributed by atoms with E-state index in [1.165, 1.54) is 12.8 Å². The molecule has 1 aromatic rings. The molecule has 1 aliphatic heterocycles. The van der Waals surface area contributed by atoms with Crippen molar-refractivity contribution in [3.63, 3.8) is 0 Å². The summed E-state index contributed by atoms with van der Waals surface area (Å²) in [5.41, 5.74) is 6.11. The molecule has 104 valence electrons. The molecule has 1 fully saturated rings. The number of nitrogens with zero attached hydrogens (tertiary/aromatic N) is 2. The fraction of sp³-hybridized carbons (Fsp3) is 0.571. The lowest BCUT2D eigenvalue weighted by molar-refractivity contribution is 0.0953. The first kappa shape index (κ1) is 13.8. The predicted octanol–water partition coefficient (Wildman–Crippen LogP) is 1.15. The second-order valence-corrected chi connectivity index (χ2v) is 4.82. The predicted molar refractivity (Wildman–Crippen MR) is 76.3 cm³/mol. The van der Waals surface area contributed by atoms with E-state index in [4.69, 9.17) is 5.73 Å². The number of amides is 1. The van der Waals surface area contributed by atoms with Gasteiger partial charge in [0.15, 0.2) is 0 Å². The smallest absolute Gasteiger partial charge is 0.255 e. The second-order valence-electron chi connectivity index (χ2n) is 4.82. The van der Waals surface area contributed by atoms with Crippen LogP contribution in [0.5, 0.6) is 0 Å². The zero-order chi connectivity index (χ0) is 13.5. The van der Waals surface area contributed by atoms with Gasteiger partial charge in [0.2, 0.25) is 0 Å². The Morgan fingerprint density at radius 1 is 1.37 bits per heavy atom. The average molecular weight is 262 g/mol. The Balaban J connectivity index is 2.00. The van der Waals surface area contributed by atoms with E-state index < -0.39 is 0 Å². The average Bonchev–Trinajstić information content (AvgIpc) is 2.97. The molecular formula is C14H22N4O. The molecule has 2 heterocycles. The van der Waals surface area contributed by atoms with Gasteiger partial charge in [-0.05, 0) is 44.4 Å². The highest BCUT2D eigenvalue weighted by atomic mass is 16.1. The third-order valence-corrected chi connectivity index (χ3v) is 3.35. The van der Waals surface area contributed by atoms with Crippen molar-refractivity contribution in [3.8, 4) is 0 Å². The molecule has 0 aliphatic carbocycles. The highest BCUT2D eigenvalue weighted by Crippen LogP contribution is 2.21. The first-order valence-electron chi connectivity index (χ1n) is 7.01. The number of unbranched alkanes of at least 4 members (excludes halogenated alkanes) is 1. The Morgan fingerprint density at radius 3 is 2.89 bits per heavy atom. The minimum Gasteiger partial charge on any atom is -0.356 e.